The lowest BCUT2D eigenvalue weighted by molar-refractivity contribution is -0.118. The number of aromatic nitrogens is 2. The smallest absolute Gasteiger partial charge is 0.241 e. The maximum atomic E-state index is 12.2. The van der Waals surface area contributed by atoms with Gasteiger partial charge in [-0.15, -0.1) is 0 Å². The SMILES string of the molecule is Cn1ccnc1COc1ccc(NC(=O)[C@H]2CCCCN2)cc1. The maximum absolute atomic E-state index is 12.2. The van der Waals surface area contributed by atoms with Gasteiger partial charge in [-0.2, -0.15) is 0 Å². The topological polar surface area (TPSA) is 68.2 Å². The standard InChI is InChI=1S/C17H22N4O2/c1-21-11-10-19-16(21)12-23-14-7-5-13(6-8-14)20-17(22)15-4-2-3-9-18-15/h5-8,10-11,15,18H,2-4,9,12H2,1H3,(H,20,22)/t15-/m1/s1. The van der Waals surface area contributed by atoms with E-state index in [1.165, 1.54) is 0 Å². The Kier molecular flexibility index (Phi) is 4.92. The number of benzene rings is 1. The van der Waals surface area contributed by atoms with Gasteiger partial charge in [0.05, 0.1) is 6.04 Å². The number of piperidine rings is 1. The van der Waals surface area contributed by atoms with Gasteiger partial charge >= 0.3 is 0 Å². The lowest BCUT2D eigenvalue weighted by Crippen LogP contribution is -2.43. The van der Waals surface area contributed by atoms with E-state index in [0.29, 0.717) is 6.61 Å². The second kappa shape index (κ2) is 7.28. The molecule has 1 saturated heterocycles. The third-order valence-electron chi connectivity index (χ3n) is 4.04. The maximum Gasteiger partial charge on any atom is 0.241 e. The van der Waals surface area contributed by atoms with Crippen LogP contribution in [0.3, 0.4) is 0 Å². The molecule has 2 aromatic rings. The zero-order valence-electron chi connectivity index (χ0n) is 13.3. The molecule has 1 atom stereocenters. The number of hydrogen-bond donors (Lipinski definition) is 2. The number of aryl methyl sites for hydroxylation is 1. The van der Waals surface area contributed by atoms with E-state index in [4.69, 9.17) is 4.74 Å². The van der Waals surface area contributed by atoms with Crippen LogP contribution in [0, 0.1) is 0 Å². The number of amides is 1. The molecule has 1 aliphatic heterocycles. The van der Waals surface area contributed by atoms with E-state index in [1.807, 2.05) is 42.1 Å². The molecule has 0 spiro atoms. The molecule has 1 aliphatic rings. The molecule has 0 bridgehead atoms. The van der Waals surface area contributed by atoms with Crippen molar-refractivity contribution in [1.82, 2.24) is 14.9 Å². The third kappa shape index (κ3) is 4.10. The summed E-state index contributed by atoms with van der Waals surface area (Å²) < 4.78 is 7.62. The number of anilines is 1. The summed E-state index contributed by atoms with van der Waals surface area (Å²) in [5.74, 6) is 1.65. The molecule has 1 amide bonds. The summed E-state index contributed by atoms with van der Waals surface area (Å²) in [6.07, 6.45) is 6.78. The molecule has 2 N–H and O–H groups in total. The normalized spacial score (nSPS) is 17.7. The fourth-order valence-corrected chi connectivity index (χ4v) is 2.62. The second-order valence-corrected chi connectivity index (χ2v) is 5.76. The highest BCUT2D eigenvalue weighted by atomic mass is 16.5. The van der Waals surface area contributed by atoms with Crippen molar-refractivity contribution in [2.45, 2.75) is 31.9 Å². The Bertz CT molecular complexity index is 645. The van der Waals surface area contributed by atoms with Crippen LogP contribution in [0.2, 0.25) is 0 Å². The van der Waals surface area contributed by atoms with Crippen molar-refractivity contribution in [3.05, 3.63) is 42.5 Å². The van der Waals surface area contributed by atoms with Gasteiger partial charge in [0.2, 0.25) is 5.91 Å². The molecular weight excluding hydrogens is 292 g/mol. The second-order valence-electron chi connectivity index (χ2n) is 5.76. The number of rotatable bonds is 5. The summed E-state index contributed by atoms with van der Waals surface area (Å²) >= 11 is 0. The van der Waals surface area contributed by atoms with Gasteiger partial charge < -0.3 is 19.9 Å². The van der Waals surface area contributed by atoms with Gasteiger partial charge in [-0.25, -0.2) is 4.98 Å². The average molecular weight is 314 g/mol. The van der Waals surface area contributed by atoms with Gasteiger partial charge in [0.15, 0.2) is 0 Å². The summed E-state index contributed by atoms with van der Waals surface area (Å²) in [5, 5.41) is 6.19. The van der Waals surface area contributed by atoms with Gasteiger partial charge in [-0.1, -0.05) is 6.42 Å². The highest BCUT2D eigenvalue weighted by Crippen LogP contribution is 2.18. The Labute approximate surface area is 135 Å². The number of ether oxygens (including phenoxy) is 1. The number of nitrogens with zero attached hydrogens (tertiary/aromatic N) is 2. The predicted molar refractivity (Wildman–Crippen MR) is 88.3 cm³/mol. The van der Waals surface area contributed by atoms with Gasteiger partial charge in [0.1, 0.15) is 18.2 Å². The molecule has 0 saturated carbocycles. The molecule has 23 heavy (non-hydrogen) atoms. The van der Waals surface area contributed by atoms with Crippen molar-refractivity contribution in [1.29, 1.82) is 0 Å². The highest BCUT2D eigenvalue weighted by Gasteiger charge is 2.20. The Morgan fingerprint density at radius 3 is 2.87 bits per heavy atom. The lowest BCUT2D eigenvalue weighted by Gasteiger charge is -2.22. The minimum atomic E-state index is -0.0805. The van der Waals surface area contributed by atoms with E-state index >= 15 is 0 Å². The van der Waals surface area contributed by atoms with E-state index in [2.05, 4.69) is 15.6 Å². The molecule has 1 aromatic heterocycles. The fourth-order valence-electron chi connectivity index (χ4n) is 2.62. The summed E-state index contributed by atoms with van der Waals surface area (Å²) in [5.41, 5.74) is 0.784. The Morgan fingerprint density at radius 2 is 2.22 bits per heavy atom. The number of carbonyl (C=O) groups excluding carboxylic acids is 1. The summed E-state index contributed by atoms with van der Waals surface area (Å²) in [7, 11) is 1.93. The first-order valence-corrected chi connectivity index (χ1v) is 7.96. The summed E-state index contributed by atoms with van der Waals surface area (Å²) in [6.45, 7) is 1.33. The first-order valence-electron chi connectivity index (χ1n) is 7.96. The minimum Gasteiger partial charge on any atom is -0.486 e. The van der Waals surface area contributed by atoms with Crippen LogP contribution in [0.1, 0.15) is 25.1 Å². The lowest BCUT2D eigenvalue weighted by atomic mass is 10.0. The molecule has 3 rings (SSSR count). The molecule has 0 aliphatic carbocycles. The van der Waals surface area contributed by atoms with Crippen LogP contribution < -0.4 is 15.4 Å². The van der Waals surface area contributed by atoms with Crippen LogP contribution in [0.4, 0.5) is 5.69 Å². The van der Waals surface area contributed by atoms with Crippen LogP contribution in [-0.2, 0) is 18.4 Å². The van der Waals surface area contributed by atoms with Crippen LogP contribution in [0.15, 0.2) is 36.7 Å². The Morgan fingerprint density at radius 1 is 1.39 bits per heavy atom. The van der Waals surface area contributed by atoms with Gasteiger partial charge in [0, 0.05) is 25.1 Å². The van der Waals surface area contributed by atoms with Crippen LogP contribution in [0.25, 0.3) is 0 Å². The quantitative estimate of drug-likeness (QED) is 0.886. The monoisotopic (exact) mass is 314 g/mol. The Balaban J connectivity index is 1.52. The summed E-state index contributed by atoms with van der Waals surface area (Å²) in [4.78, 5) is 16.4. The fraction of sp³-hybridized carbons (Fsp3) is 0.412. The number of hydrogen-bond acceptors (Lipinski definition) is 4. The van der Waals surface area contributed by atoms with Crippen molar-refractivity contribution in [2.24, 2.45) is 7.05 Å². The molecule has 6 heteroatoms. The van der Waals surface area contributed by atoms with Crippen LogP contribution in [0.5, 0.6) is 5.75 Å². The Hall–Kier alpha value is -2.34. The van der Waals surface area contributed by atoms with Gasteiger partial charge in [-0.3, -0.25) is 4.79 Å². The van der Waals surface area contributed by atoms with E-state index in [1.54, 1.807) is 6.20 Å². The van der Waals surface area contributed by atoms with E-state index in [0.717, 1.165) is 43.1 Å². The van der Waals surface area contributed by atoms with Gasteiger partial charge in [-0.05, 0) is 43.7 Å². The molecule has 1 aromatic carbocycles. The summed E-state index contributed by atoms with van der Waals surface area (Å²) in [6, 6.07) is 7.34. The third-order valence-corrected chi connectivity index (χ3v) is 4.04. The average Bonchev–Trinajstić information content (AvgIpc) is 3.00. The first-order chi connectivity index (χ1) is 11.2. The number of nitrogens with one attached hydrogen (secondary N) is 2. The molecule has 0 unspecified atom stereocenters. The van der Waals surface area contributed by atoms with Crippen molar-refractivity contribution < 1.29 is 9.53 Å². The molecule has 6 nitrogen and oxygen atoms in total. The van der Waals surface area contributed by atoms with Crippen molar-refractivity contribution in [3.8, 4) is 5.75 Å². The molecular formula is C17H22N4O2. The first kappa shape index (κ1) is 15.6. The van der Waals surface area contributed by atoms with Crippen molar-refractivity contribution >= 4 is 11.6 Å². The van der Waals surface area contributed by atoms with Crippen molar-refractivity contribution in [2.75, 3.05) is 11.9 Å². The zero-order valence-corrected chi connectivity index (χ0v) is 13.3. The highest BCUT2D eigenvalue weighted by molar-refractivity contribution is 5.94. The number of imidazole rings is 1. The van der Waals surface area contributed by atoms with E-state index in [9.17, 15) is 4.79 Å². The van der Waals surface area contributed by atoms with E-state index in [-0.39, 0.29) is 11.9 Å². The molecule has 122 valence electrons. The van der Waals surface area contributed by atoms with Gasteiger partial charge in [0.25, 0.3) is 0 Å². The van der Waals surface area contributed by atoms with Crippen LogP contribution >= 0.6 is 0 Å². The largest absolute Gasteiger partial charge is 0.486 e. The predicted octanol–water partition coefficient (Wildman–Crippen LogP) is 2.08. The van der Waals surface area contributed by atoms with Crippen LogP contribution in [-0.4, -0.2) is 28.0 Å². The molecule has 0 radical (unpaired) electrons. The zero-order chi connectivity index (χ0) is 16.1. The molecule has 1 fully saturated rings. The molecule has 2 heterocycles. The minimum absolute atomic E-state index is 0.0337. The van der Waals surface area contributed by atoms with Crippen molar-refractivity contribution in [3.63, 3.8) is 0 Å². The van der Waals surface area contributed by atoms with E-state index < -0.39 is 0 Å². The number of carbonyl (C=O) groups is 1.